The first-order valence-corrected chi connectivity index (χ1v) is 10.9. The highest BCUT2D eigenvalue weighted by Gasteiger charge is 2.46. The van der Waals surface area contributed by atoms with Gasteiger partial charge in [-0.05, 0) is 42.3 Å². The number of carbonyl (C=O) groups excluding carboxylic acids is 1. The normalized spacial score (nSPS) is 25.0. The average Bonchev–Trinajstić information content (AvgIpc) is 3.40. The Morgan fingerprint density at radius 3 is 2.75 bits per heavy atom. The van der Waals surface area contributed by atoms with E-state index in [1.54, 1.807) is 0 Å². The number of hydrogen-bond donors (Lipinski definition) is 2. The van der Waals surface area contributed by atoms with Crippen LogP contribution in [0.15, 0.2) is 36.4 Å². The number of benzene rings is 2. The van der Waals surface area contributed by atoms with Gasteiger partial charge >= 0.3 is 0 Å². The Morgan fingerprint density at radius 2 is 1.94 bits per heavy atom. The van der Waals surface area contributed by atoms with Crippen molar-refractivity contribution in [1.82, 2.24) is 5.32 Å². The summed E-state index contributed by atoms with van der Waals surface area (Å²) in [6.07, 6.45) is -0.0890. The summed E-state index contributed by atoms with van der Waals surface area (Å²) >= 11 is 0. The first-order chi connectivity index (χ1) is 15.5. The molecular weight excluding hydrogens is 412 g/mol. The molecule has 2 aromatic rings. The van der Waals surface area contributed by atoms with Gasteiger partial charge in [0, 0.05) is 37.8 Å². The maximum atomic E-state index is 12.6. The summed E-state index contributed by atoms with van der Waals surface area (Å²) in [5.74, 6) is 2.24. The third kappa shape index (κ3) is 3.96. The van der Waals surface area contributed by atoms with E-state index in [1.165, 1.54) is 0 Å². The molecule has 8 heteroatoms. The highest BCUT2D eigenvalue weighted by Crippen LogP contribution is 2.47. The topological polar surface area (TPSA) is 89.5 Å². The van der Waals surface area contributed by atoms with Gasteiger partial charge in [-0.1, -0.05) is 6.07 Å². The molecule has 1 fully saturated rings. The highest BCUT2D eigenvalue weighted by atomic mass is 16.7. The summed E-state index contributed by atoms with van der Waals surface area (Å²) in [7, 11) is 4.01. The Bertz CT molecular complexity index is 1010. The zero-order valence-corrected chi connectivity index (χ0v) is 18.2. The molecule has 4 atom stereocenters. The summed E-state index contributed by atoms with van der Waals surface area (Å²) in [6.45, 7) is 0.474. The molecule has 8 nitrogen and oxygen atoms in total. The van der Waals surface area contributed by atoms with Gasteiger partial charge in [-0.3, -0.25) is 4.79 Å². The minimum Gasteiger partial charge on any atom is -0.487 e. The van der Waals surface area contributed by atoms with Gasteiger partial charge in [0.1, 0.15) is 18.0 Å². The number of anilines is 1. The summed E-state index contributed by atoms with van der Waals surface area (Å²) in [5, 5.41) is 12.9. The van der Waals surface area contributed by atoms with Crippen molar-refractivity contribution in [2.24, 2.45) is 0 Å². The van der Waals surface area contributed by atoms with Crippen molar-refractivity contribution in [3.05, 3.63) is 47.5 Å². The Kier molecular flexibility index (Phi) is 5.57. The number of aliphatic hydroxyl groups excluding tert-OH is 1. The van der Waals surface area contributed by atoms with E-state index in [1.807, 2.05) is 44.4 Å². The fourth-order valence-corrected chi connectivity index (χ4v) is 4.69. The zero-order chi connectivity index (χ0) is 22.2. The van der Waals surface area contributed by atoms with E-state index < -0.39 is 6.10 Å². The molecule has 0 bridgehead atoms. The summed E-state index contributed by atoms with van der Waals surface area (Å²) in [5.41, 5.74) is 3.15. The molecule has 0 spiro atoms. The minimum atomic E-state index is -0.462. The van der Waals surface area contributed by atoms with Crippen molar-refractivity contribution in [2.75, 3.05) is 32.4 Å². The lowest BCUT2D eigenvalue weighted by Crippen LogP contribution is -2.47. The van der Waals surface area contributed by atoms with Crippen molar-refractivity contribution in [3.8, 4) is 17.2 Å². The number of hydrogen-bond acceptors (Lipinski definition) is 7. The van der Waals surface area contributed by atoms with Crippen LogP contribution in [-0.2, 0) is 16.1 Å². The Hall–Kier alpha value is -2.97. The number of fused-ring (bicyclic) bond motifs is 4. The smallest absolute Gasteiger partial charge is 0.231 e. The molecule has 3 heterocycles. The summed E-state index contributed by atoms with van der Waals surface area (Å²) < 4.78 is 22.9. The van der Waals surface area contributed by atoms with Gasteiger partial charge in [-0.15, -0.1) is 0 Å². The minimum absolute atomic E-state index is 0.0856. The molecule has 2 aromatic carbocycles. The molecule has 0 aromatic heterocycles. The summed E-state index contributed by atoms with van der Waals surface area (Å²) in [6, 6.07) is 11.8. The number of ether oxygens (including phenoxy) is 4. The Morgan fingerprint density at radius 1 is 1.12 bits per heavy atom. The van der Waals surface area contributed by atoms with Crippen molar-refractivity contribution in [2.45, 2.75) is 43.6 Å². The number of nitrogens with zero attached hydrogens (tertiary/aromatic N) is 1. The second kappa shape index (κ2) is 8.52. The first-order valence-electron chi connectivity index (χ1n) is 10.9. The number of rotatable bonds is 6. The lowest BCUT2D eigenvalue weighted by molar-refractivity contribution is -0.142. The van der Waals surface area contributed by atoms with Crippen LogP contribution in [0.1, 0.15) is 29.9 Å². The van der Waals surface area contributed by atoms with Crippen LogP contribution < -0.4 is 24.4 Å². The maximum Gasteiger partial charge on any atom is 0.231 e. The molecule has 1 amide bonds. The van der Waals surface area contributed by atoms with E-state index in [0.717, 1.165) is 28.3 Å². The van der Waals surface area contributed by atoms with Gasteiger partial charge in [0.15, 0.2) is 11.5 Å². The van der Waals surface area contributed by atoms with E-state index in [4.69, 9.17) is 18.9 Å². The quantitative estimate of drug-likeness (QED) is 0.712. The fourth-order valence-electron chi connectivity index (χ4n) is 4.69. The molecule has 32 heavy (non-hydrogen) atoms. The van der Waals surface area contributed by atoms with Crippen molar-refractivity contribution in [3.63, 3.8) is 0 Å². The monoisotopic (exact) mass is 440 g/mol. The van der Waals surface area contributed by atoms with Crippen LogP contribution in [0.3, 0.4) is 0 Å². The van der Waals surface area contributed by atoms with Gasteiger partial charge in [-0.25, -0.2) is 0 Å². The Labute approximate surface area is 187 Å². The van der Waals surface area contributed by atoms with Crippen molar-refractivity contribution >= 4 is 11.6 Å². The van der Waals surface area contributed by atoms with Crippen LogP contribution in [0, 0.1) is 0 Å². The van der Waals surface area contributed by atoms with Gasteiger partial charge < -0.3 is 34.3 Å². The predicted molar refractivity (Wildman–Crippen MR) is 117 cm³/mol. The predicted octanol–water partition coefficient (Wildman–Crippen LogP) is 2.18. The molecule has 3 aliphatic heterocycles. The maximum absolute atomic E-state index is 12.6. The van der Waals surface area contributed by atoms with Crippen LogP contribution in [0.4, 0.5) is 5.69 Å². The zero-order valence-electron chi connectivity index (χ0n) is 18.2. The van der Waals surface area contributed by atoms with E-state index >= 15 is 0 Å². The van der Waals surface area contributed by atoms with Crippen molar-refractivity contribution < 1.29 is 28.8 Å². The second-order valence-corrected chi connectivity index (χ2v) is 8.69. The number of aliphatic hydroxyl groups is 1. The molecule has 0 radical (unpaired) electrons. The van der Waals surface area contributed by atoms with Crippen LogP contribution in [0.2, 0.25) is 0 Å². The number of carbonyl (C=O) groups is 1. The third-order valence-electron chi connectivity index (χ3n) is 6.34. The molecule has 1 saturated heterocycles. The van der Waals surface area contributed by atoms with Crippen LogP contribution >= 0.6 is 0 Å². The third-order valence-corrected chi connectivity index (χ3v) is 6.34. The van der Waals surface area contributed by atoms with Crippen molar-refractivity contribution in [1.29, 1.82) is 0 Å². The molecule has 0 unspecified atom stereocenters. The molecule has 0 aliphatic carbocycles. The van der Waals surface area contributed by atoms with E-state index in [-0.39, 0.29) is 43.9 Å². The highest BCUT2D eigenvalue weighted by molar-refractivity contribution is 5.76. The number of amides is 1. The van der Waals surface area contributed by atoms with Gasteiger partial charge in [0.05, 0.1) is 19.1 Å². The van der Waals surface area contributed by atoms with Gasteiger partial charge in [0.25, 0.3) is 0 Å². The van der Waals surface area contributed by atoms with Crippen LogP contribution in [0.25, 0.3) is 0 Å². The number of nitrogens with one attached hydrogen (secondary N) is 1. The molecule has 5 rings (SSSR count). The molecule has 2 N–H and O–H groups in total. The van der Waals surface area contributed by atoms with Gasteiger partial charge in [0.2, 0.25) is 12.7 Å². The van der Waals surface area contributed by atoms with E-state index in [2.05, 4.69) is 16.3 Å². The molecule has 3 aliphatic rings. The molecule has 0 saturated carbocycles. The largest absolute Gasteiger partial charge is 0.487 e. The van der Waals surface area contributed by atoms with Gasteiger partial charge in [-0.2, -0.15) is 0 Å². The fraction of sp³-hybridized carbons (Fsp3) is 0.458. The van der Waals surface area contributed by atoms with Crippen LogP contribution in [0.5, 0.6) is 17.2 Å². The standard InChI is InChI=1S/C24H28N2O6/c1-26(2)15-4-6-19-17(8-15)18-9-16(31-22(12-27)24(18)32-19)10-23(28)25-11-14-3-5-20-21(7-14)30-13-29-20/h3-8,16,18,22,24,27H,9-13H2,1-2H3,(H,25,28)/t16-,18-,22+,24+/m1/s1. The lowest BCUT2D eigenvalue weighted by atomic mass is 9.84. The first kappa shape index (κ1) is 20.9. The summed E-state index contributed by atoms with van der Waals surface area (Å²) in [4.78, 5) is 14.7. The molecule has 170 valence electrons. The lowest BCUT2D eigenvalue weighted by Gasteiger charge is -2.37. The van der Waals surface area contributed by atoms with E-state index in [0.29, 0.717) is 18.7 Å². The molecular formula is C24H28N2O6. The second-order valence-electron chi connectivity index (χ2n) is 8.69. The van der Waals surface area contributed by atoms with Crippen LogP contribution in [-0.4, -0.2) is 56.8 Å². The Balaban J connectivity index is 1.23. The SMILES string of the molecule is CN(C)c1ccc2c(c1)[C@H]1C[C@H](CC(=O)NCc3ccc4c(c3)OCO4)O[C@@H](CO)[C@H]1O2. The van der Waals surface area contributed by atoms with E-state index in [9.17, 15) is 9.90 Å². The average molecular weight is 440 g/mol.